The first kappa shape index (κ1) is 15.0. The molecule has 112 valence electrons. The predicted octanol–water partition coefficient (Wildman–Crippen LogP) is 2.67. The van der Waals surface area contributed by atoms with Crippen LogP contribution in [0.5, 0.6) is 11.5 Å². The smallest absolute Gasteiger partial charge is 0.142 e. The number of ether oxygens (including phenoxy) is 2. The minimum atomic E-state index is 0.569. The van der Waals surface area contributed by atoms with Gasteiger partial charge in [0.05, 0.1) is 19.9 Å². The van der Waals surface area contributed by atoms with Crippen molar-refractivity contribution in [2.24, 2.45) is 0 Å². The van der Waals surface area contributed by atoms with Gasteiger partial charge in [-0.2, -0.15) is 0 Å². The normalized spacial score (nSPS) is 18.9. The standard InChI is InChI=1S/C16H26N2O2/c1-4-9-17-13-6-5-10-18(12-13)15-11-14(19-2)7-8-16(15)20-3/h7-8,11,13,17H,4-6,9-10,12H2,1-3H3. The highest BCUT2D eigenvalue weighted by atomic mass is 16.5. The van der Waals surface area contributed by atoms with Crippen LogP contribution in [0, 0.1) is 0 Å². The maximum absolute atomic E-state index is 5.50. The second-order valence-corrected chi connectivity index (χ2v) is 5.28. The molecule has 1 saturated heterocycles. The molecule has 1 atom stereocenters. The van der Waals surface area contributed by atoms with E-state index >= 15 is 0 Å². The second kappa shape index (κ2) is 7.39. The third-order valence-electron chi connectivity index (χ3n) is 3.83. The molecule has 0 bridgehead atoms. The Hall–Kier alpha value is -1.42. The molecule has 1 N–H and O–H groups in total. The molecule has 0 saturated carbocycles. The summed E-state index contributed by atoms with van der Waals surface area (Å²) in [5.41, 5.74) is 1.13. The number of rotatable bonds is 6. The van der Waals surface area contributed by atoms with Crippen molar-refractivity contribution >= 4 is 5.69 Å². The van der Waals surface area contributed by atoms with Crippen LogP contribution in [0.1, 0.15) is 26.2 Å². The van der Waals surface area contributed by atoms with Gasteiger partial charge in [0.15, 0.2) is 0 Å². The summed E-state index contributed by atoms with van der Waals surface area (Å²) in [4.78, 5) is 2.40. The number of nitrogens with zero attached hydrogens (tertiary/aromatic N) is 1. The summed E-state index contributed by atoms with van der Waals surface area (Å²) in [6, 6.07) is 6.57. The maximum atomic E-state index is 5.50. The molecular weight excluding hydrogens is 252 g/mol. The van der Waals surface area contributed by atoms with E-state index in [1.54, 1.807) is 14.2 Å². The zero-order chi connectivity index (χ0) is 14.4. The molecule has 1 unspecified atom stereocenters. The van der Waals surface area contributed by atoms with Crippen LogP contribution in [0.2, 0.25) is 0 Å². The third kappa shape index (κ3) is 3.57. The van der Waals surface area contributed by atoms with Crippen LogP contribution in [0.15, 0.2) is 18.2 Å². The zero-order valence-corrected chi connectivity index (χ0v) is 12.8. The molecule has 0 radical (unpaired) electrons. The fourth-order valence-electron chi connectivity index (χ4n) is 2.75. The van der Waals surface area contributed by atoms with E-state index in [0.717, 1.165) is 36.8 Å². The van der Waals surface area contributed by atoms with Crippen molar-refractivity contribution in [3.8, 4) is 11.5 Å². The molecule has 1 aliphatic heterocycles. The Morgan fingerprint density at radius 2 is 2.15 bits per heavy atom. The average molecular weight is 278 g/mol. The van der Waals surface area contributed by atoms with E-state index in [-0.39, 0.29) is 0 Å². The maximum Gasteiger partial charge on any atom is 0.142 e. The summed E-state index contributed by atoms with van der Waals surface area (Å²) >= 11 is 0. The number of benzene rings is 1. The summed E-state index contributed by atoms with van der Waals surface area (Å²) in [5.74, 6) is 1.80. The lowest BCUT2D eigenvalue weighted by Gasteiger charge is -2.35. The molecular formula is C16H26N2O2. The van der Waals surface area contributed by atoms with E-state index in [1.807, 2.05) is 12.1 Å². The fourth-order valence-corrected chi connectivity index (χ4v) is 2.75. The minimum Gasteiger partial charge on any atom is -0.497 e. The van der Waals surface area contributed by atoms with Gasteiger partial charge in [-0.25, -0.2) is 0 Å². The van der Waals surface area contributed by atoms with Crippen molar-refractivity contribution in [1.82, 2.24) is 5.32 Å². The molecule has 2 rings (SSSR count). The Labute approximate surface area is 122 Å². The molecule has 0 aliphatic carbocycles. The van der Waals surface area contributed by atoms with Gasteiger partial charge in [0, 0.05) is 25.2 Å². The van der Waals surface area contributed by atoms with E-state index in [2.05, 4.69) is 23.2 Å². The van der Waals surface area contributed by atoms with Crippen molar-refractivity contribution in [2.75, 3.05) is 38.8 Å². The van der Waals surface area contributed by atoms with Gasteiger partial charge >= 0.3 is 0 Å². The Balaban J connectivity index is 2.12. The van der Waals surface area contributed by atoms with Gasteiger partial charge in [-0.3, -0.25) is 0 Å². The third-order valence-corrected chi connectivity index (χ3v) is 3.83. The summed E-state index contributed by atoms with van der Waals surface area (Å²) in [7, 11) is 3.43. The molecule has 4 heteroatoms. The van der Waals surface area contributed by atoms with E-state index in [1.165, 1.54) is 19.3 Å². The number of methoxy groups -OCH3 is 2. The highest BCUT2D eigenvalue weighted by Gasteiger charge is 2.22. The first-order chi connectivity index (χ1) is 9.78. The van der Waals surface area contributed by atoms with Crippen LogP contribution < -0.4 is 19.7 Å². The molecule has 0 aromatic heterocycles. The van der Waals surface area contributed by atoms with E-state index in [4.69, 9.17) is 9.47 Å². The number of nitrogens with one attached hydrogen (secondary N) is 1. The summed E-state index contributed by atoms with van der Waals surface area (Å²) in [6.45, 7) is 5.41. The summed E-state index contributed by atoms with van der Waals surface area (Å²) in [5, 5.41) is 3.62. The average Bonchev–Trinajstić information content (AvgIpc) is 2.52. The van der Waals surface area contributed by atoms with Crippen LogP contribution in [0.3, 0.4) is 0 Å². The Bertz CT molecular complexity index is 423. The summed E-state index contributed by atoms with van der Waals surface area (Å²) < 4.78 is 10.8. The minimum absolute atomic E-state index is 0.569. The largest absolute Gasteiger partial charge is 0.497 e. The van der Waals surface area contributed by atoms with Gasteiger partial charge in [0.25, 0.3) is 0 Å². The van der Waals surface area contributed by atoms with Gasteiger partial charge in [0.2, 0.25) is 0 Å². The first-order valence-corrected chi connectivity index (χ1v) is 7.48. The molecule has 4 nitrogen and oxygen atoms in total. The van der Waals surface area contributed by atoms with E-state index < -0.39 is 0 Å². The number of hydrogen-bond donors (Lipinski definition) is 1. The monoisotopic (exact) mass is 278 g/mol. The van der Waals surface area contributed by atoms with Gasteiger partial charge in [-0.1, -0.05) is 6.92 Å². The lowest BCUT2D eigenvalue weighted by molar-refractivity contribution is 0.393. The van der Waals surface area contributed by atoms with Gasteiger partial charge in [0.1, 0.15) is 11.5 Å². The number of hydrogen-bond acceptors (Lipinski definition) is 4. The molecule has 1 aromatic carbocycles. The van der Waals surface area contributed by atoms with E-state index in [0.29, 0.717) is 6.04 Å². The topological polar surface area (TPSA) is 33.7 Å². The lowest BCUT2D eigenvalue weighted by Crippen LogP contribution is -2.46. The molecule has 0 amide bonds. The van der Waals surface area contributed by atoms with Crippen LogP contribution in [0.25, 0.3) is 0 Å². The van der Waals surface area contributed by atoms with Gasteiger partial charge in [-0.15, -0.1) is 0 Å². The first-order valence-electron chi connectivity index (χ1n) is 7.48. The highest BCUT2D eigenvalue weighted by molar-refractivity contribution is 5.62. The SMILES string of the molecule is CCCNC1CCCN(c2cc(OC)ccc2OC)C1. The van der Waals surface area contributed by atoms with Crippen molar-refractivity contribution < 1.29 is 9.47 Å². The van der Waals surface area contributed by atoms with Crippen LogP contribution >= 0.6 is 0 Å². The van der Waals surface area contributed by atoms with Gasteiger partial charge < -0.3 is 19.7 Å². The van der Waals surface area contributed by atoms with E-state index in [9.17, 15) is 0 Å². The Morgan fingerprint density at radius 3 is 2.85 bits per heavy atom. The molecule has 1 fully saturated rings. The van der Waals surface area contributed by atoms with Gasteiger partial charge in [-0.05, 0) is 37.9 Å². The Kier molecular flexibility index (Phi) is 5.53. The fraction of sp³-hybridized carbons (Fsp3) is 0.625. The van der Waals surface area contributed by atoms with Crippen LogP contribution in [0.4, 0.5) is 5.69 Å². The summed E-state index contributed by atoms with van der Waals surface area (Å²) in [6.07, 6.45) is 3.64. The second-order valence-electron chi connectivity index (χ2n) is 5.28. The van der Waals surface area contributed by atoms with Crippen molar-refractivity contribution in [1.29, 1.82) is 0 Å². The number of anilines is 1. The number of piperidine rings is 1. The van der Waals surface area contributed by atoms with Crippen LogP contribution in [-0.4, -0.2) is 39.9 Å². The highest BCUT2D eigenvalue weighted by Crippen LogP contribution is 2.33. The van der Waals surface area contributed by atoms with Crippen molar-refractivity contribution in [2.45, 2.75) is 32.2 Å². The molecule has 1 aromatic rings. The predicted molar refractivity (Wildman–Crippen MR) is 83.1 cm³/mol. The zero-order valence-electron chi connectivity index (χ0n) is 12.8. The van der Waals surface area contributed by atoms with Crippen molar-refractivity contribution in [3.63, 3.8) is 0 Å². The van der Waals surface area contributed by atoms with Crippen LogP contribution in [-0.2, 0) is 0 Å². The lowest BCUT2D eigenvalue weighted by atomic mass is 10.0. The molecule has 1 heterocycles. The quantitative estimate of drug-likeness (QED) is 0.867. The molecule has 0 spiro atoms. The van der Waals surface area contributed by atoms with Crippen molar-refractivity contribution in [3.05, 3.63) is 18.2 Å². The molecule has 20 heavy (non-hydrogen) atoms. The Morgan fingerprint density at radius 1 is 1.30 bits per heavy atom. The molecule has 1 aliphatic rings.